The summed E-state index contributed by atoms with van der Waals surface area (Å²) in [5, 5.41) is 11.7. The van der Waals surface area contributed by atoms with E-state index in [0.29, 0.717) is 5.88 Å². The van der Waals surface area contributed by atoms with Gasteiger partial charge in [0.05, 0.1) is 0 Å². The first-order chi connectivity index (χ1) is 7.74. The summed E-state index contributed by atoms with van der Waals surface area (Å²) >= 11 is 1.86. The number of carbonyl (C=O) groups is 1. The van der Waals surface area contributed by atoms with E-state index in [2.05, 4.69) is 11.6 Å². The highest BCUT2D eigenvalue weighted by molar-refractivity contribution is 7.98. The standard InChI is InChI=1S/C11H17NO3S/c1-16-8-4-2-3-7-12-10-6-5-9(15-10)11(13)14/h5-6,12H,2-4,7-8H2,1H3,(H,13,14). The summed E-state index contributed by atoms with van der Waals surface area (Å²) in [5.74, 6) is 0.671. The third-order valence-electron chi connectivity index (χ3n) is 2.14. The number of nitrogens with one attached hydrogen (secondary N) is 1. The lowest BCUT2D eigenvalue weighted by molar-refractivity contribution is 0.0663. The molecule has 0 unspecified atom stereocenters. The number of rotatable bonds is 8. The number of aromatic carboxylic acids is 1. The Hall–Kier alpha value is -1.10. The zero-order valence-corrected chi connectivity index (χ0v) is 10.2. The summed E-state index contributed by atoms with van der Waals surface area (Å²) in [7, 11) is 0. The van der Waals surface area contributed by atoms with Crippen LogP contribution in [-0.2, 0) is 0 Å². The Labute approximate surface area is 99.4 Å². The van der Waals surface area contributed by atoms with Gasteiger partial charge >= 0.3 is 5.97 Å². The number of carboxylic acids is 1. The van der Waals surface area contributed by atoms with Crippen LogP contribution in [0.1, 0.15) is 29.8 Å². The molecular weight excluding hydrogens is 226 g/mol. The van der Waals surface area contributed by atoms with E-state index in [1.807, 2.05) is 11.8 Å². The molecule has 0 amide bonds. The van der Waals surface area contributed by atoms with E-state index in [1.54, 1.807) is 6.07 Å². The fourth-order valence-corrected chi connectivity index (χ4v) is 1.80. The molecule has 2 N–H and O–H groups in total. The van der Waals surface area contributed by atoms with Crippen molar-refractivity contribution in [2.24, 2.45) is 0 Å². The topological polar surface area (TPSA) is 62.5 Å². The number of anilines is 1. The van der Waals surface area contributed by atoms with Gasteiger partial charge in [0, 0.05) is 12.6 Å². The van der Waals surface area contributed by atoms with Gasteiger partial charge in [0.1, 0.15) is 0 Å². The molecule has 1 aromatic rings. The van der Waals surface area contributed by atoms with Gasteiger partial charge in [-0.25, -0.2) is 4.79 Å². The molecule has 0 saturated heterocycles. The van der Waals surface area contributed by atoms with Gasteiger partial charge in [-0.1, -0.05) is 6.42 Å². The first kappa shape index (κ1) is 13.0. The normalized spacial score (nSPS) is 10.3. The van der Waals surface area contributed by atoms with E-state index >= 15 is 0 Å². The van der Waals surface area contributed by atoms with E-state index in [1.165, 1.54) is 24.7 Å². The molecule has 0 aromatic carbocycles. The minimum absolute atomic E-state index is 0.0233. The van der Waals surface area contributed by atoms with Crippen LogP contribution in [0.2, 0.25) is 0 Å². The van der Waals surface area contributed by atoms with E-state index in [9.17, 15) is 4.79 Å². The lowest BCUT2D eigenvalue weighted by Crippen LogP contribution is -2.00. The summed E-state index contributed by atoms with van der Waals surface area (Å²) < 4.78 is 5.06. The average Bonchev–Trinajstić information content (AvgIpc) is 2.72. The van der Waals surface area contributed by atoms with E-state index in [0.717, 1.165) is 13.0 Å². The van der Waals surface area contributed by atoms with Crippen LogP contribution in [0.5, 0.6) is 0 Å². The van der Waals surface area contributed by atoms with Crippen LogP contribution in [0.25, 0.3) is 0 Å². The fourth-order valence-electron chi connectivity index (χ4n) is 1.31. The van der Waals surface area contributed by atoms with Crippen molar-refractivity contribution in [1.82, 2.24) is 0 Å². The van der Waals surface area contributed by atoms with Gasteiger partial charge in [-0.2, -0.15) is 11.8 Å². The monoisotopic (exact) mass is 243 g/mol. The Morgan fingerprint density at radius 3 is 2.88 bits per heavy atom. The minimum Gasteiger partial charge on any atom is -0.475 e. The quantitative estimate of drug-likeness (QED) is 0.687. The largest absolute Gasteiger partial charge is 0.475 e. The molecule has 1 aromatic heterocycles. The Bertz CT molecular complexity index is 325. The highest BCUT2D eigenvalue weighted by Gasteiger charge is 2.07. The Kier molecular flexibility index (Phi) is 5.85. The van der Waals surface area contributed by atoms with Gasteiger partial charge in [0.25, 0.3) is 0 Å². The van der Waals surface area contributed by atoms with E-state index in [-0.39, 0.29) is 5.76 Å². The van der Waals surface area contributed by atoms with Gasteiger partial charge in [0.2, 0.25) is 5.76 Å². The molecule has 0 aliphatic heterocycles. The Morgan fingerprint density at radius 1 is 1.44 bits per heavy atom. The third kappa shape index (κ3) is 4.61. The first-order valence-electron chi connectivity index (χ1n) is 5.30. The Balaban J connectivity index is 2.14. The molecule has 4 nitrogen and oxygen atoms in total. The van der Waals surface area contributed by atoms with Crippen molar-refractivity contribution >= 4 is 23.6 Å². The molecule has 0 aliphatic carbocycles. The molecule has 0 spiro atoms. The maximum Gasteiger partial charge on any atom is 0.371 e. The molecule has 0 bridgehead atoms. The number of thioether (sulfide) groups is 1. The number of carboxylic acid groups (broad SMARTS) is 1. The van der Waals surface area contributed by atoms with Crippen LogP contribution in [0.15, 0.2) is 16.5 Å². The zero-order chi connectivity index (χ0) is 11.8. The zero-order valence-electron chi connectivity index (χ0n) is 9.36. The first-order valence-corrected chi connectivity index (χ1v) is 6.69. The van der Waals surface area contributed by atoms with Crippen molar-refractivity contribution in [1.29, 1.82) is 0 Å². The van der Waals surface area contributed by atoms with Crippen LogP contribution < -0.4 is 5.32 Å². The summed E-state index contributed by atoms with van der Waals surface area (Å²) in [6, 6.07) is 3.10. The highest BCUT2D eigenvalue weighted by atomic mass is 32.2. The van der Waals surface area contributed by atoms with Crippen molar-refractivity contribution in [2.45, 2.75) is 19.3 Å². The molecule has 0 fully saturated rings. The molecule has 90 valence electrons. The molecule has 16 heavy (non-hydrogen) atoms. The van der Waals surface area contributed by atoms with Crippen LogP contribution in [0.3, 0.4) is 0 Å². The molecule has 0 atom stereocenters. The van der Waals surface area contributed by atoms with Crippen LogP contribution >= 0.6 is 11.8 Å². The van der Waals surface area contributed by atoms with Crippen LogP contribution in [-0.4, -0.2) is 29.6 Å². The molecule has 1 rings (SSSR count). The van der Waals surface area contributed by atoms with Crippen molar-refractivity contribution in [3.05, 3.63) is 17.9 Å². The molecular formula is C11H17NO3S. The van der Waals surface area contributed by atoms with Gasteiger partial charge in [-0.15, -0.1) is 0 Å². The maximum absolute atomic E-state index is 10.5. The summed E-state index contributed by atoms with van der Waals surface area (Å²) in [6.07, 6.45) is 5.58. The average molecular weight is 243 g/mol. The third-order valence-corrected chi connectivity index (χ3v) is 2.84. The van der Waals surface area contributed by atoms with Crippen molar-refractivity contribution in [3.8, 4) is 0 Å². The summed E-state index contributed by atoms with van der Waals surface area (Å²) in [4.78, 5) is 10.5. The molecule has 0 saturated carbocycles. The minimum atomic E-state index is -1.03. The lowest BCUT2D eigenvalue weighted by Gasteiger charge is -2.02. The predicted molar refractivity (Wildman–Crippen MR) is 66.4 cm³/mol. The van der Waals surface area contributed by atoms with Gasteiger partial charge in [-0.05, 0) is 30.9 Å². The van der Waals surface area contributed by atoms with Crippen molar-refractivity contribution < 1.29 is 14.3 Å². The van der Waals surface area contributed by atoms with Crippen LogP contribution in [0.4, 0.5) is 5.88 Å². The molecule has 5 heteroatoms. The number of furan rings is 1. The predicted octanol–water partition coefficient (Wildman–Crippen LogP) is 2.92. The summed E-state index contributed by atoms with van der Waals surface area (Å²) in [6.45, 7) is 0.820. The number of hydrogen-bond acceptors (Lipinski definition) is 4. The second-order valence-electron chi connectivity index (χ2n) is 3.45. The van der Waals surface area contributed by atoms with Crippen molar-refractivity contribution in [2.75, 3.05) is 23.9 Å². The van der Waals surface area contributed by atoms with Crippen molar-refractivity contribution in [3.63, 3.8) is 0 Å². The second-order valence-corrected chi connectivity index (χ2v) is 4.43. The maximum atomic E-state index is 10.5. The molecule has 0 radical (unpaired) electrons. The Morgan fingerprint density at radius 2 is 2.25 bits per heavy atom. The van der Waals surface area contributed by atoms with Crippen LogP contribution in [0, 0.1) is 0 Å². The fraction of sp³-hybridized carbons (Fsp3) is 0.545. The second kappa shape index (κ2) is 7.22. The van der Waals surface area contributed by atoms with Gasteiger partial charge in [-0.3, -0.25) is 0 Å². The highest BCUT2D eigenvalue weighted by Crippen LogP contribution is 2.13. The smallest absolute Gasteiger partial charge is 0.371 e. The van der Waals surface area contributed by atoms with E-state index < -0.39 is 5.97 Å². The molecule has 0 aliphatic rings. The van der Waals surface area contributed by atoms with Gasteiger partial charge < -0.3 is 14.8 Å². The van der Waals surface area contributed by atoms with E-state index in [4.69, 9.17) is 9.52 Å². The summed E-state index contributed by atoms with van der Waals surface area (Å²) in [5.41, 5.74) is 0. The molecule has 1 heterocycles. The number of unbranched alkanes of at least 4 members (excludes halogenated alkanes) is 2. The lowest BCUT2D eigenvalue weighted by atomic mass is 10.2. The number of hydrogen-bond donors (Lipinski definition) is 2. The SMILES string of the molecule is CSCCCCCNc1ccc(C(=O)O)o1. The van der Waals surface area contributed by atoms with Gasteiger partial charge in [0.15, 0.2) is 5.88 Å².